The number of allylic oxidation sites excluding steroid dienone is 2. The Balaban J connectivity index is 1.35. The molecule has 2 saturated carbocycles. The summed E-state index contributed by atoms with van der Waals surface area (Å²) in [6, 6.07) is 6.48. The molecule has 1 aromatic heterocycles. The Hall–Kier alpha value is -3.80. The first-order chi connectivity index (χ1) is 25.3. The summed E-state index contributed by atoms with van der Waals surface area (Å²) in [5.41, 5.74) is -1.49. The second kappa shape index (κ2) is 15.0. The number of ether oxygens (including phenoxy) is 2. The van der Waals surface area contributed by atoms with E-state index in [0.717, 1.165) is 30.0 Å². The Labute approximate surface area is 320 Å². The zero-order valence-corrected chi connectivity index (χ0v) is 33.7. The third kappa shape index (κ3) is 8.53. The number of fused-ring (bicyclic) bond motifs is 3. The molecule has 4 aliphatic rings. The molecule has 1 aromatic carbocycles. The van der Waals surface area contributed by atoms with Crippen LogP contribution in [0.1, 0.15) is 106 Å². The SMILES string of the molecule is COc1ccc2c(O[C@@H]3CC4C(=O)C[C@]5(C(=O)NS(=O)(=O)C6(C)CC6)C[C@H]5/C=C\CC[C@@H](C)C[C@@H](C)[C@H](CC(=O)CC(C)(C)C)C(=O)N4C3)nccc2c1. The predicted octanol–water partition coefficient (Wildman–Crippen LogP) is 6.58. The molecule has 1 saturated heterocycles. The maximum Gasteiger partial charge on any atom is 0.240 e. The topological polar surface area (TPSA) is 149 Å². The van der Waals surface area contributed by atoms with E-state index in [1.807, 2.05) is 64.1 Å². The van der Waals surface area contributed by atoms with Gasteiger partial charge in [-0.2, -0.15) is 0 Å². The number of sulfonamides is 1. The van der Waals surface area contributed by atoms with Gasteiger partial charge in [-0.15, -0.1) is 0 Å². The van der Waals surface area contributed by atoms with E-state index in [1.54, 1.807) is 25.1 Å². The lowest BCUT2D eigenvalue weighted by molar-refractivity contribution is -0.145. The maximum atomic E-state index is 14.9. The lowest BCUT2D eigenvalue weighted by atomic mass is 9.79. The number of methoxy groups -OCH3 is 1. The maximum absolute atomic E-state index is 14.9. The minimum absolute atomic E-state index is 0.00785. The summed E-state index contributed by atoms with van der Waals surface area (Å²) in [6.45, 7) is 11.9. The molecule has 2 aromatic rings. The van der Waals surface area contributed by atoms with Crippen LogP contribution in [0.5, 0.6) is 11.6 Å². The lowest BCUT2D eigenvalue weighted by Gasteiger charge is -2.32. The fraction of sp³-hybridized carbons (Fsp3) is 0.643. The molecule has 6 rings (SSSR count). The average molecular weight is 764 g/mol. The molecule has 0 spiro atoms. The first kappa shape index (κ1) is 39.9. The molecule has 1 unspecified atom stereocenters. The van der Waals surface area contributed by atoms with Crippen LogP contribution in [0.2, 0.25) is 0 Å². The van der Waals surface area contributed by atoms with Gasteiger partial charge in [0.2, 0.25) is 27.7 Å². The van der Waals surface area contributed by atoms with Gasteiger partial charge in [-0.05, 0) is 98.3 Å². The monoisotopic (exact) mass is 763 g/mol. The highest BCUT2D eigenvalue weighted by Crippen LogP contribution is 2.57. The van der Waals surface area contributed by atoms with Crippen molar-refractivity contribution in [3.8, 4) is 11.6 Å². The van der Waals surface area contributed by atoms with E-state index in [-0.39, 0.29) is 66.4 Å². The van der Waals surface area contributed by atoms with E-state index in [1.165, 1.54) is 0 Å². The molecule has 0 bridgehead atoms. The zero-order valence-electron chi connectivity index (χ0n) is 32.9. The highest BCUT2D eigenvalue weighted by Gasteiger charge is 2.62. The highest BCUT2D eigenvalue weighted by atomic mass is 32.2. The van der Waals surface area contributed by atoms with Crippen molar-refractivity contribution in [3.63, 3.8) is 0 Å². The first-order valence-corrected chi connectivity index (χ1v) is 21.0. The van der Waals surface area contributed by atoms with Crippen LogP contribution in [0.3, 0.4) is 0 Å². The number of nitrogens with one attached hydrogen (secondary N) is 1. The van der Waals surface area contributed by atoms with Crippen LogP contribution in [-0.2, 0) is 29.2 Å². The van der Waals surface area contributed by atoms with E-state index in [0.29, 0.717) is 37.3 Å². The number of carbonyl (C=O) groups excluding carboxylic acids is 4. The highest BCUT2D eigenvalue weighted by molar-refractivity contribution is 7.91. The summed E-state index contributed by atoms with van der Waals surface area (Å²) >= 11 is 0. The van der Waals surface area contributed by atoms with Gasteiger partial charge in [-0.1, -0.05) is 46.8 Å². The van der Waals surface area contributed by atoms with Crippen LogP contribution in [0.15, 0.2) is 42.6 Å². The minimum Gasteiger partial charge on any atom is -0.497 e. The molecular weight excluding hydrogens is 707 g/mol. The van der Waals surface area contributed by atoms with Crippen molar-refractivity contribution in [2.24, 2.45) is 34.5 Å². The molecular formula is C42H57N3O8S. The van der Waals surface area contributed by atoms with E-state index in [2.05, 4.69) is 16.6 Å². The standard InChI is InChI=1S/C42H57N3O8S/c1-26-10-8-9-11-29-22-42(29,39(49)44-54(50,51)41(6)15-16-41)24-36(47)35-21-32(53-37-33-13-12-31(52-7)19-28(33)14-17-43-37)25-45(35)38(48)34(27(2)18-26)20-30(46)23-40(3,4)5/h9,11-14,17,19,26-27,29,32,34-35H,8,10,15-16,18,20-25H2,1-7H3,(H,44,49)/b11-9-/t26-,27-,29-,32-,34+,35?,42-/m1/s1. The number of Topliss-reactive ketones (excluding diaryl/α,β-unsaturated/α-hetero) is 2. The number of ketones is 2. The Morgan fingerprint density at radius 3 is 2.52 bits per heavy atom. The van der Waals surface area contributed by atoms with E-state index in [9.17, 15) is 27.6 Å². The number of benzene rings is 1. The van der Waals surface area contributed by atoms with Gasteiger partial charge in [0.15, 0.2) is 5.78 Å². The third-order valence-corrected chi connectivity index (χ3v) is 14.3. The van der Waals surface area contributed by atoms with E-state index >= 15 is 0 Å². The Bertz CT molecular complexity index is 1930. The number of hydrogen-bond donors (Lipinski definition) is 1. The van der Waals surface area contributed by atoms with Crippen molar-refractivity contribution < 1.29 is 37.1 Å². The molecule has 0 radical (unpaired) electrons. The molecule has 54 heavy (non-hydrogen) atoms. The molecule has 294 valence electrons. The fourth-order valence-electron chi connectivity index (χ4n) is 8.50. The smallest absolute Gasteiger partial charge is 0.240 e. The number of nitrogens with zero attached hydrogens (tertiary/aromatic N) is 2. The molecule has 1 N–H and O–H groups in total. The largest absolute Gasteiger partial charge is 0.497 e. The van der Waals surface area contributed by atoms with Gasteiger partial charge in [0.05, 0.1) is 29.9 Å². The van der Waals surface area contributed by atoms with E-state index < -0.39 is 44.2 Å². The van der Waals surface area contributed by atoms with Crippen molar-refractivity contribution in [3.05, 3.63) is 42.6 Å². The molecule has 2 amide bonds. The van der Waals surface area contributed by atoms with Crippen LogP contribution in [0.25, 0.3) is 10.8 Å². The van der Waals surface area contributed by atoms with E-state index in [4.69, 9.17) is 9.47 Å². The van der Waals surface area contributed by atoms with Crippen LogP contribution in [0.4, 0.5) is 0 Å². The summed E-state index contributed by atoms with van der Waals surface area (Å²) in [5.74, 6) is -1.01. The number of hydrogen-bond acceptors (Lipinski definition) is 9. The number of pyridine rings is 1. The van der Waals surface area contributed by atoms with Crippen molar-refractivity contribution >= 4 is 44.2 Å². The Morgan fingerprint density at radius 2 is 1.83 bits per heavy atom. The molecule has 2 aliphatic heterocycles. The predicted molar refractivity (Wildman–Crippen MR) is 206 cm³/mol. The first-order valence-electron chi connectivity index (χ1n) is 19.5. The van der Waals surface area contributed by atoms with Crippen LogP contribution in [-0.4, -0.2) is 72.2 Å². The summed E-state index contributed by atoms with van der Waals surface area (Å²) in [6.07, 6.45) is 9.01. The van der Waals surface area contributed by atoms with Gasteiger partial charge < -0.3 is 14.4 Å². The number of carbonyl (C=O) groups is 4. The second-order valence-corrected chi connectivity index (χ2v) is 20.3. The van der Waals surface area contributed by atoms with Gasteiger partial charge >= 0.3 is 0 Å². The van der Waals surface area contributed by atoms with Crippen molar-refractivity contribution in [2.45, 2.75) is 123 Å². The number of aromatic nitrogens is 1. The molecule has 7 atom stereocenters. The van der Waals surface area contributed by atoms with Crippen molar-refractivity contribution in [1.82, 2.24) is 14.6 Å². The van der Waals surface area contributed by atoms with Gasteiger partial charge in [0.25, 0.3) is 0 Å². The average Bonchev–Trinajstić information content (AvgIpc) is 3.97. The normalized spacial score (nSPS) is 30.7. The number of rotatable bonds is 9. The summed E-state index contributed by atoms with van der Waals surface area (Å²) in [4.78, 5) is 63.1. The van der Waals surface area contributed by atoms with Crippen LogP contribution < -0.4 is 14.2 Å². The van der Waals surface area contributed by atoms with Gasteiger partial charge in [0.1, 0.15) is 17.6 Å². The quantitative estimate of drug-likeness (QED) is 0.280. The summed E-state index contributed by atoms with van der Waals surface area (Å²) in [7, 11) is -2.34. The summed E-state index contributed by atoms with van der Waals surface area (Å²) in [5, 5.41) is 1.61. The van der Waals surface area contributed by atoms with Crippen LogP contribution >= 0.6 is 0 Å². The molecule has 11 nitrogen and oxygen atoms in total. The van der Waals surface area contributed by atoms with Crippen molar-refractivity contribution in [1.29, 1.82) is 0 Å². The zero-order chi connectivity index (χ0) is 39.2. The fourth-order valence-corrected chi connectivity index (χ4v) is 9.83. The third-order valence-electron chi connectivity index (χ3n) is 12.2. The number of amides is 2. The summed E-state index contributed by atoms with van der Waals surface area (Å²) < 4.78 is 39.7. The molecule has 2 aliphatic carbocycles. The Kier molecular flexibility index (Phi) is 11.1. The molecule has 12 heteroatoms. The van der Waals surface area contributed by atoms with Gasteiger partial charge in [-0.3, -0.25) is 23.9 Å². The van der Waals surface area contributed by atoms with Gasteiger partial charge in [0, 0.05) is 43.2 Å². The van der Waals surface area contributed by atoms with Crippen molar-refractivity contribution in [2.75, 3.05) is 13.7 Å². The second-order valence-electron chi connectivity index (χ2n) is 18.1. The Morgan fingerprint density at radius 1 is 1.09 bits per heavy atom. The minimum atomic E-state index is -3.93. The molecule has 3 fully saturated rings. The van der Waals surface area contributed by atoms with Gasteiger partial charge in [-0.25, -0.2) is 13.4 Å². The lowest BCUT2D eigenvalue weighted by Crippen LogP contribution is -2.48. The van der Waals surface area contributed by atoms with Crippen LogP contribution in [0, 0.1) is 34.5 Å². The molecule has 3 heterocycles.